The molecule has 1 unspecified atom stereocenters. The lowest BCUT2D eigenvalue weighted by molar-refractivity contribution is 0.414. The van der Waals surface area contributed by atoms with E-state index in [0.717, 1.165) is 12.2 Å². The predicted octanol–water partition coefficient (Wildman–Crippen LogP) is 3.71. The summed E-state index contributed by atoms with van der Waals surface area (Å²) in [6.07, 6.45) is 2.83. The summed E-state index contributed by atoms with van der Waals surface area (Å²) in [7, 11) is 1.68. The summed E-state index contributed by atoms with van der Waals surface area (Å²) in [4.78, 5) is 0.333. The van der Waals surface area contributed by atoms with Gasteiger partial charge in [0.25, 0.3) is 0 Å². The molecular formula is C11H13BrO. The highest BCUT2D eigenvalue weighted by molar-refractivity contribution is 9.09. The van der Waals surface area contributed by atoms with Gasteiger partial charge in [-0.25, -0.2) is 0 Å². The number of allylic oxidation sites excluding steroid dienone is 1. The Kier molecular flexibility index (Phi) is 4.03. The van der Waals surface area contributed by atoms with Crippen molar-refractivity contribution in [2.45, 2.75) is 11.2 Å². The lowest BCUT2D eigenvalue weighted by Gasteiger charge is -2.08. The van der Waals surface area contributed by atoms with Gasteiger partial charge in [0.15, 0.2) is 0 Å². The van der Waals surface area contributed by atoms with E-state index in [0.29, 0.717) is 4.83 Å². The van der Waals surface area contributed by atoms with Gasteiger partial charge in [0, 0.05) is 4.83 Å². The summed E-state index contributed by atoms with van der Waals surface area (Å²) in [6, 6.07) is 8.04. The molecule has 0 aliphatic rings. The standard InChI is InChI=1S/C11H13BrO/c1-3-5-11(12)9-6-4-7-10(8-9)13-2/h3-4,6-8,11H,1,5H2,2H3. The van der Waals surface area contributed by atoms with Crippen molar-refractivity contribution in [1.29, 1.82) is 0 Å². The largest absolute Gasteiger partial charge is 0.497 e. The Labute approximate surface area is 87.5 Å². The smallest absolute Gasteiger partial charge is 0.119 e. The van der Waals surface area contributed by atoms with Gasteiger partial charge >= 0.3 is 0 Å². The molecule has 0 saturated heterocycles. The molecule has 0 fully saturated rings. The molecule has 0 bridgehead atoms. The van der Waals surface area contributed by atoms with E-state index in [2.05, 4.69) is 28.6 Å². The zero-order chi connectivity index (χ0) is 9.68. The van der Waals surface area contributed by atoms with Crippen molar-refractivity contribution in [2.75, 3.05) is 7.11 Å². The molecule has 1 rings (SSSR count). The van der Waals surface area contributed by atoms with Gasteiger partial charge in [0.2, 0.25) is 0 Å². The minimum absolute atomic E-state index is 0.333. The molecule has 13 heavy (non-hydrogen) atoms. The lowest BCUT2D eigenvalue weighted by atomic mass is 10.1. The summed E-state index contributed by atoms with van der Waals surface area (Å²) in [5.74, 6) is 0.894. The van der Waals surface area contributed by atoms with Crippen LogP contribution in [0.3, 0.4) is 0 Å². The second-order valence-corrected chi connectivity index (χ2v) is 3.87. The van der Waals surface area contributed by atoms with Gasteiger partial charge in [-0.3, -0.25) is 0 Å². The molecule has 0 radical (unpaired) electrons. The molecule has 0 spiro atoms. The zero-order valence-corrected chi connectivity index (χ0v) is 9.25. The maximum Gasteiger partial charge on any atom is 0.119 e. The lowest BCUT2D eigenvalue weighted by Crippen LogP contribution is -1.89. The number of alkyl halides is 1. The van der Waals surface area contributed by atoms with E-state index >= 15 is 0 Å². The van der Waals surface area contributed by atoms with Crippen LogP contribution in [0, 0.1) is 0 Å². The first-order chi connectivity index (χ1) is 6.27. The highest BCUT2D eigenvalue weighted by Crippen LogP contribution is 2.28. The van der Waals surface area contributed by atoms with Crippen LogP contribution in [-0.2, 0) is 0 Å². The Morgan fingerprint density at radius 2 is 2.38 bits per heavy atom. The molecule has 0 aromatic heterocycles. The third-order valence-electron chi connectivity index (χ3n) is 1.83. The van der Waals surface area contributed by atoms with Gasteiger partial charge in [-0.15, -0.1) is 6.58 Å². The summed E-state index contributed by atoms with van der Waals surface area (Å²) < 4.78 is 5.14. The molecule has 2 heteroatoms. The molecule has 1 aromatic rings. The summed E-state index contributed by atoms with van der Waals surface area (Å²) in [5.41, 5.74) is 1.22. The number of methoxy groups -OCH3 is 1. The zero-order valence-electron chi connectivity index (χ0n) is 7.66. The second kappa shape index (κ2) is 5.07. The Balaban J connectivity index is 2.81. The number of hydrogen-bond donors (Lipinski definition) is 0. The SMILES string of the molecule is C=CCC(Br)c1cccc(OC)c1. The maximum atomic E-state index is 5.14. The highest BCUT2D eigenvalue weighted by atomic mass is 79.9. The van der Waals surface area contributed by atoms with Crippen molar-refractivity contribution in [3.05, 3.63) is 42.5 Å². The van der Waals surface area contributed by atoms with E-state index in [-0.39, 0.29) is 0 Å². The summed E-state index contributed by atoms with van der Waals surface area (Å²) in [5, 5.41) is 0. The number of halogens is 1. The van der Waals surface area contributed by atoms with E-state index < -0.39 is 0 Å². The van der Waals surface area contributed by atoms with Crippen LogP contribution < -0.4 is 4.74 Å². The number of benzene rings is 1. The van der Waals surface area contributed by atoms with Crippen molar-refractivity contribution in [3.8, 4) is 5.75 Å². The predicted molar refractivity (Wildman–Crippen MR) is 59.5 cm³/mol. The molecule has 0 heterocycles. The molecule has 0 aliphatic heterocycles. The third-order valence-corrected chi connectivity index (χ3v) is 2.73. The third kappa shape index (κ3) is 2.88. The van der Waals surface area contributed by atoms with Crippen molar-refractivity contribution in [2.24, 2.45) is 0 Å². The van der Waals surface area contributed by atoms with Crippen molar-refractivity contribution < 1.29 is 4.74 Å². The van der Waals surface area contributed by atoms with Gasteiger partial charge in [-0.2, -0.15) is 0 Å². The summed E-state index contributed by atoms with van der Waals surface area (Å²) in [6.45, 7) is 3.71. The van der Waals surface area contributed by atoms with Crippen LogP contribution in [0.2, 0.25) is 0 Å². The number of rotatable bonds is 4. The Morgan fingerprint density at radius 1 is 1.62 bits per heavy atom. The van der Waals surface area contributed by atoms with Crippen LogP contribution in [0.15, 0.2) is 36.9 Å². The van der Waals surface area contributed by atoms with Crippen molar-refractivity contribution in [3.63, 3.8) is 0 Å². The fourth-order valence-electron chi connectivity index (χ4n) is 1.12. The van der Waals surface area contributed by atoms with Gasteiger partial charge in [-0.1, -0.05) is 34.1 Å². The molecule has 1 atom stereocenters. The molecule has 1 nitrogen and oxygen atoms in total. The average molecular weight is 241 g/mol. The molecule has 0 saturated carbocycles. The normalized spacial score (nSPS) is 12.2. The highest BCUT2D eigenvalue weighted by Gasteiger charge is 2.05. The first-order valence-electron chi connectivity index (χ1n) is 4.17. The van der Waals surface area contributed by atoms with E-state index in [9.17, 15) is 0 Å². The molecule has 1 aromatic carbocycles. The van der Waals surface area contributed by atoms with Crippen LogP contribution >= 0.6 is 15.9 Å². The fraction of sp³-hybridized carbons (Fsp3) is 0.273. The van der Waals surface area contributed by atoms with E-state index in [1.54, 1.807) is 7.11 Å². The van der Waals surface area contributed by atoms with Crippen LogP contribution in [-0.4, -0.2) is 7.11 Å². The summed E-state index contributed by atoms with van der Waals surface area (Å²) >= 11 is 3.58. The first kappa shape index (κ1) is 10.3. The minimum atomic E-state index is 0.333. The molecular weight excluding hydrogens is 228 g/mol. The topological polar surface area (TPSA) is 9.23 Å². The second-order valence-electron chi connectivity index (χ2n) is 2.77. The van der Waals surface area contributed by atoms with E-state index in [1.807, 2.05) is 24.3 Å². The number of hydrogen-bond acceptors (Lipinski definition) is 1. The Morgan fingerprint density at radius 3 is 3.00 bits per heavy atom. The Hall–Kier alpha value is -0.760. The minimum Gasteiger partial charge on any atom is -0.497 e. The molecule has 0 aliphatic carbocycles. The molecule has 0 N–H and O–H groups in total. The van der Waals surface area contributed by atoms with Crippen LogP contribution in [0.1, 0.15) is 16.8 Å². The average Bonchev–Trinajstić information content (AvgIpc) is 2.18. The van der Waals surface area contributed by atoms with Crippen LogP contribution in [0.4, 0.5) is 0 Å². The number of ether oxygens (including phenoxy) is 1. The van der Waals surface area contributed by atoms with Crippen molar-refractivity contribution >= 4 is 15.9 Å². The monoisotopic (exact) mass is 240 g/mol. The molecule has 0 amide bonds. The van der Waals surface area contributed by atoms with Gasteiger partial charge in [0.05, 0.1) is 7.11 Å². The maximum absolute atomic E-state index is 5.14. The quantitative estimate of drug-likeness (QED) is 0.576. The Bertz CT molecular complexity index is 283. The van der Waals surface area contributed by atoms with E-state index in [1.165, 1.54) is 5.56 Å². The van der Waals surface area contributed by atoms with Crippen LogP contribution in [0.5, 0.6) is 5.75 Å². The van der Waals surface area contributed by atoms with Crippen LogP contribution in [0.25, 0.3) is 0 Å². The first-order valence-corrected chi connectivity index (χ1v) is 5.08. The van der Waals surface area contributed by atoms with Gasteiger partial charge in [0.1, 0.15) is 5.75 Å². The van der Waals surface area contributed by atoms with Gasteiger partial charge in [-0.05, 0) is 24.1 Å². The molecule has 70 valence electrons. The van der Waals surface area contributed by atoms with E-state index in [4.69, 9.17) is 4.74 Å². The van der Waals surface area contributed by atoms with Crippen molar-refractivity contribution in [1.82, 2.24) is 0 Å². The fourth-order valence-corrected chi connectivity index (χ4v) is 1.67. The van der Waals surface area contributed by atoms with Gasteiger partial charge < -0.3 is 4.74 Å².